The molecule has 0 aliphatic carbocycles. The lowest BCUT2D eigenvalue weighted by Crippen LogP contribution is -2.38. The average Bonchev–Trinajstić information content (AvgIpc) is 2.64. The molecular formula is C19H31F3IN3O3. The van der Waals surface area contributed by atoms with Gasteiger partial charge in [-0.1, -0.05) is 12.1 Å². The van der Waals surface area contributed by atoms with Crippen LogP contribution in [-0.2, 0) is 11.2 Å². The summed E-state index contributed by atoms with van der Waals surface area (Å²) in [6.07, 6.45) is -3.35. The first-order valence-electron chi connectivity index (χ1n) is 9.43. The third-order valence-corrected chi connectivity index (χ3v) is 3.75. The van der Waals surface area contributed by atoms with Crippen molar-refractivity contribution < 1.29 is 27.8 Å². The van der Waals surface area contributed by atoms with Crippen molar-refractivity contribution in [2.75, 3.05) is 39.5 Å². The lowest BCUT2D eigenvalue weighted by Gasteiger charge is -2.15. The number of nitrogens with one attached hydrogen (secondary N) is 2. The van der Waals surface area contributed by atoms with Crippen molar-refractivity contribution in [2.45, 2.75) is 33.1 Å². The molecule has 168 valence electrons. The number of aliphatic hydroxyl groups is 1. The first-order valence-corrected chi connectivity index (χ1v) is 9.43. The molecule has 0 saturated heterocycles. The number of halogens is 4. The maximum absolute atomic E-state index is 12.2. The average molecular weight is 533 g/mol. The summed E-state index contributed by atoms with van der Waals surface area (Å²) in [6.45, 7) is 7.02. The summed E-state index contributed by atoms with van der Waals surface area (Å²) in [7, 11) is 0. The summed E-state index contributed by atoms with van der Waals surface area (Å²) < 4.78 is 45.8. The maximum atomic E-state index is 12.2. The van der Waals surface area contributed by atoms with Gasteiger partial charge in [0.05, 0.1) is 0 Å². The summed E-state index contributed by atoms with van der Waals surface area (Å²) in [5.41, 5.74) is 0.804. The molecule has 0 aromatic heterocycles. The van der Waals surface area contributed by atoms with Crippen LogP contribution in [0.2, 0.25) is 0 Å². The summed E-state index contributed by atoms with van der Waals surface area (Å²) in [5, 5.41) is 16.0. The van der Waals surface area contributed by atoms with E-state index in [9.17, 15) is 18.3 Å². The highest BCUT2D eigenvalue weighted by atomic mass is 127. The molecule has 0 radical (unpaired) electrons. The molecule has 1 unspecified atom stereocenters. The van der Waals surface area contributed by atoms with Gasteiger partial charge < -0.3 is 25.2 Å². The summed E-state index contributed by atoms with van der Waals surface area (Å²) in [6, 6.07) is 5.66. The zero-order valence-electron chi connectivity index (χ0n) is 16.8. The van der Waals surface area contributed by atoms with E-state index in [4.69, 9.17) is 4.74 Å². The first-order chi connectivity index (χ1) is 13.4. The van der Waals surface area contributed by atoms with E-state index in [0.29, 0.717) is 38.7 Å². The van der Waals surface area contributed by atoms with Crippen LogP contribution in [-0.4, -0.2) is 56.9 Å². The van der Waals surface area contributed by atoms with Gasteiger partial charge in [0.2, 0.25) is 0 Å². The Bertz CT molecular complexity index is 572. The molecule has 0 fully saturated rings. The molecule has 0 aliphatic rings. The van der Waals surface area contributed by atoms with Crippen LogP contribution in [0, 0.1) is 5.92 Å². The predicted molar refractivity (Wildman–Crippen MR) is 118 cm³/mol. The van der Waals surface area contributed by atoms with Gasteiger partial charge in [-0.3, -0.25) is 4.99 Å². The molecule has 10 heteroatoms. The van der Waals surface area contributed by atoms with Gasteiger partial charge in [-0.25, -0.2) is 0 Å². The number of guanidine groups is 1. The number of benzene rings is 1. The second-order valence-corrected chi connectivity index (χ2v) is 6.14. The molecule has 0 amide bonds. The van der Waals surface area contributed by atoms with Crippen molar-refractivity contribution in [3.05, 3.63) is 29.8 Å². The number of nitrogens with zero attached hydrogens (tertiary/aromatic N) is 1. The second kappa shape index (κ2) is 15.6. The Labute approximate surface area is 187 Å². The third kappa shape index (κ3) is 13.6. The number of ether oxygens (including phenoxy) is 2. The van der Waals surface area contributed by atoms with Gasteiger partial charge in [-0.05, 0) is 44.4 Å². The summed E-state index contributed by atoms with van der Waals surface area (Å²) >= 11 is 0. The van der Waals surface area contributed by atoms with Crippen molar-refractivity contribution in [3.63, 3.8) is 0 Å². The van der Waals surface area contributed by atoms with Crippen LogP contribution in [0.15, 0.2) is 29.3 Å². The van der Waals surface area contributed by atoms with Crippen molar-refractivity contribution in [1.82, 2.24) is 10.6 Å². The molecule has 1 rings (SSSR count). The molecule has 0 aliphatic heterocycles. The second-order valence-electron chi connectivity index (χ2n) is 6.14. The number of hydrogen-bond acceptors (Lipinski definition) is 4. The van der Waals surface area contributed by atoms with Gasteiger partial charge in [-0.2, -0.15) is 0 Å². The lowest BCUT2D eigenvalue weighted by molar-refractivity contribution is -0.274. The molecule has 29 heavy (non-hydrogen) atoms. The molecule has 3 N–H and O–H groups in total. The maximum Gasteiger partial charge on any atom is 0.573 e. The van der Waals surface area contributed by atoms with E-state index >= 15 is 0 Å². The molecule has 0 saturated carbocycles. The smallest absolute Gasteiger partial charge is 0.406 e. The molecule has 0 bridgehead atoms. The van der Waals surface area contributed by atoms with E-state index in [-0.39, 0.29) is 42.3 Å². The van der Waals surface area contributed by atoms with Gasteiger partial charge in [0.1, 0.15) is 5.75 Å². The van der Waals surface area contributed by atoms with Crippen LogP contribution in [0.1, 0.15) is 25.8 Å². The van der Waals surface area contributed by atoms with Gasteiger partial charge >= 0.3 is 6.36 Å². The summed E-state index contributed by atoms with van der Waals surface area (Å²) in [5.74, 6) is 0.250. The van der Waals surface area contributed by atoms with Crippen LogP contribution >= 0.6 is 24.0 Å². The van der Waals surface area contributed by atoms with Crippen LogP contribution in [0.4, 0.5) is 13.2 Å². The van der Waals surface area contributed by atoms with E-state index in [1.165, 1.54) is 12.1 Å². The Balaban J connectivity index is 0.00000784. The zero-order chi connectivity index (χ0) is 20.8. The molecule has 6 nitrogen and oxygen atoms in total. The van der Waals surface area contributed by atoms with E-state index in [0.717, 1.165) is 18.5 Å². The first kappa shape index (κ1) is 27.7. The van der Waals surface area contributed by atoms with Gasteiger partial charge in [0.25, 0.3) is 0 Å². The quantitative estimate of drug-likeness (QED) is 0.166. The molecule has 0 heterocycles. The SMILES string of the molecule is CCNC(=NCC(CO)Cc1ccc(OC(F)(F)F)cc1)NCCCOCC.I. The lowest BCUT2D eigenvalue weighted by atomic mass is 10.0. The van der Waals surface area contributed by atoms with Gasteiger partial charge in [0.15, 0.2) is 5.96 Å². The Morgan fingerprint density at radius 2 is 1.86 bits per heavy atom. The fraction of sp³-hybridized carbons (Fsp3) is 0.632. The Hall–Kier alpha value is -1.27. The minimum atomic E-state index is -4.71. The third-order valence-electron chi connectivity index (χ3n) is 3.75. The number of aliphatic hydroxyl groups excluding tert-OH is 1. The topological polar surface area (TPSA) is 75.1 Å². The van der Waals surface area contributed by atoms with E-state index < -0.39 is 6.36 Å². The minimum absolute atomic E-state index is 0. The van der Waals surface area contributed by atoms with Crippen LogP contribution in [0.25, 0.3) is 0 Å². The standard InChI is InChI=1S/C19H30F3N3O3.HI/c1-3-23-18(24-10-5-11-27-4-2)25-13-16(14-26)12-15-6-8-17(9-7-15)28-19(20,21)22;/h6-9,16,26H,3-5,10-14H2,1-2H3,(H2,23,24,25);1H. The predicted octanol–water partition coefficient (Wildman–Crippen LogP) is 3.34. The van der Waals surface area contributed by atoms with Crippen LogP contribution in [0.3, 0.4) is 0 Å². The Morgan fingerprint density at radius 1 is 1.17 bits per heavy atom. The van der Waals surface area contributed by atoms with Crippen molar-refractivity contribution in [3.8, 4) is 5.75 Å². The fourth-order valence-corrected chi connectivity index (χ4v) is 2.43. The van der Waals surface area contributed by atoms with E-state index in [1.54, 1.807) is 12.1 Å². The largest absolute Gasteiger partial charge is 0.573 e. The highest BCUT2D eigenvalue weighted by Crippen LogP contribution is 2.23. The fourth-order valence-electron chi connectivity index (χ4n) is 2.43. The highest BCUT2D eigenvalue weighted by molar-refractivity contribution is 14.0. The van der Waals surface area contributed by atoms with Crippen LogP contribution < -0.4 is 15.4 Å². The van der Waals surface area contributed by atoms with E-state index in [1.807, 2.05) is 13.8 Å². The molecule has 1 aromatic rings. The molecule has 1 aromatic carbocycles. The van der Waals surface area contributed by atoms with Crippen molar-refractivity contribution in [2.24, 2.45) is 10.9 Å². The van der Waals surface area contributed by atoms with Gasteiger partial charge in [0, 0.05) is 45.4 Å². The normalized spacial score (nSPS) is 12.8. The highest BCUT2D eigenvalue weighted by Gasteiger charge is 2.30. The Morgan fingerprint density at radius 3 is 2.41 bits per heavy atom. The molecular weight excluding hydrogens is 502 g/mol. The number of alkyl halides is 3. The molecule has 1 atom stereocenters. The number of rotatable bonds is 12. The van der Waals surface area contributed by atoms with Crippen LogP contribution in [0.5, 0.6) is 5.75 Å². The Kier molecular flexibility index (Phi) is 14.9. The summed E-state index contributed by atoms with van der Waals surface area (Å²) in [4.78, 5) is 4.48. The molecule has 0 spiro atoms. The number of hydrogen-bond donors (Lipinski definition) is 3. The monoisotopic (exact) mass is 533 g/mol. The van der Waals surface area contributed by atoms with E-state index in [2.05, 4.69) is 20.4 Å². The van der Waals surface area contributed by atoms with Gasteiger partial charge in [-0.15, -0.1) is 37.1 Å². The number of aliphatic imine (C=N–C) groups is 1. The van der Waals surface area contributed by atoms with Crippen molar-refractivity contribution >= 4 is 29.9 Å². The minimum Gasteiger partial charge on any atom is -0.406 e. The zero-order valence-corrected chi connectivity index (χ0v) is 19.1. The van der Waals surface area contributed by atoms with Crippen molar-refractivity contribution in [1.29, 1.82) is 0 Å².